The fourth-order valence-electron chi connectivity index (χ4n) is 1.67. The van der Waals surface area contributed by atoms with Crippen LogP contribution in [0.1, 0.15) is 17.7 Å². The molecule has 0 spiro atoms. The van der Waals surface area contributed by atoms with Crippen LogP contribution in [0.25, 0.3) is 0 Å². The molecule has 1 aromatic carbocycles. The summed E-state index contributed by atoms with van der Waals surface area (Å²) in [5.41, 5.74) is 1.50. The van der Waals surface area contributed by atoms with Crippen LogP contribution in [0.5, 0.6) is 0 Å². The van der Waals surface area contributed by atoms with Crippen LogP contribution in [-0.2, 0) is 10.0 Å². The summed E-state index contributed by atoms with van der Waals surface area (Å²) in [4.78, 5) is 0. The van der Waals surface area contributed by atoms with E-state index in [-0.39, 0.29) is 0 Å². The monoisotopic (exact) mass is 231 g/mol. The van der Waals surface area contributed by atoms with E-state index < -0.39 is 15.3 Å². The van der Waals surface area contributed by atoms with Crippen LogP contribution < -0.4 is 4.31 Å². The van der Waals surface area contributed by atoms with Gasteiger partial charge < -0.3 is 0 Å². The predicted octanol–water partition coefficient (Wildman–Crippen LogP) is 2.18. The zero-order chi connectivity index (χ0) is 10.5. The quantitative estimate of drug-likeness (QED) is 0.686. The average Bonchev–Trinajstić information content (AvgIpc) is 2.29. The maximum Gasteiger partial charge on any atom is 0.241 e. The SMILES string of the molecule is CC1c2cc(Cl)ccc2N(C)S1(=O)=O. The molecule has 0 saturated heterocycles. The number of anilines is 1. The first kappa shape index (κ1) is 9.80. The predicted molar refractivity (Wildman–Crippen MR) is 57.2 cm³/mol. The number of hydrogen-bond acceptors (Lipinski definition) is 2. The van der Waals surface area contributed by atoms with E-state index in [0.29, 0.717) is 5.02 Å². The highest BCUT2D eigenvalue weighted by Crippen LogP contribution is 2.42. The minimum atomic E-state index is -3.20. The fourth-order valence-corrected chi connectivity index (χ4v) is 3.28. The Labute approximate surface area is 88.3 Å². The van der Waals surface area contributed by atoms with E-state index in [0.717, 1.165) is 11.3 Å². The molecular weight excluding hydrogens is 222 g/mol. The van der Waals surface area contributed by atoms with Crippen LogP contribution in [0.15, 0.2) is 18.2 Å². The molecule has 0 N–H and O–H groups in total. The molecule has 0 radical (unpaired) electrons. The van der Waals surface area contributed by atoms with Gasteiger partial charge in [-0.3, -0.25) is 4.31 Å². The van der Waals surface area contributed by atoms with Gasteiger partial charge in [-0.05, 0) is 30.7 Å². The van der Waals surface area contributed by atoms with Crippen molar-refractivity contribution in [2.24, 2.45) is 0 Å². The van der Waals surface area contributed by atoms with E-state index in [1.165, 1.54) is 4.31 Å². The van der Waals surface area contributed by atoms with Crippen molar-refractivity contribution < 1.29 is 8.42 Å². The van der Waals surface area contributed by atoms with E-state index in [2.05, 4.69) is 0 Å². The van der Waals surface area contributed by atoms with Crippen molar-refractivity contribution >= 4 is 27.3 Å². The number of hydrogen-bond donors (Lipinski definition) is 0. The number of fused-ring (bicyclic) bond motifs is 1. The number of benzene rings is 1. The van der Waals surface area contributed by atoms with Crippen molar-refractivity contribution in [1.29, 1.82) is 0 Å². The average molecular weight is 232 g/mol. The molecule has 1 aliphatic heterocycles. The highest BCUT2D eigenvalue weighted by molar-refractivity contribution is 7.93. The van der Waals surface area contributed by atoms with Gasteiger partial charge in [0, 0.05) is 12.1 Å². The van der Waals surface area contributed by atoms with E-state index in [9.17, 15) is 8.42 Å². The molecule has 1 aliphatic rings. The summed E-state index contributed by atoms with van der Waals surface area (Å²) in [5.74, 6) is 0. The first-order chi connectivity index (χ1) is 6.44. The zero-order valence-corrected chi connectivity index (χ0v) is 9.43. The highest BCUT2D eigenvalue weighted by atomic mass is 35.5. The van der Waals surface area contributed by atoms with Crippen molar-refractivity contribution in [1.82, 2.24) is 0 Å². The summed E-state index contributed by atoms with van der Waals surface area (Å²) in [6.45, 7) is 1.67. The van der Waals surface area contributed by atoms with E-state index in [4.69, 9.17) is 11.6 Å². The van der Waals surface area contributed by atoms with Gasteiger partial charge in [-0.25, -0.2) is 8.42 Å². The number of rotatable bonds is 0. The summed E-state index contributed by atoms with van der Waals surface area (Å²) in [5, 5.41) is 0.0716. The van der Waals surface area contributed by atoms with Gasteiger partial charge in [-0.2, -0.15) is 0 Å². The lowest BCUT2D eigenvalue weighted by Gasteiger charge is -2.11. The van der Waals surface area contributed by atoms with Crippen LogP contribution in [-0.4, -0.2) is 15.5 Å². The molecule has 76 valence electrons. The lowest BCUT2D eigenvalue weighted by molar-refractivity contribution is 0.589. The Kier molecular flexibility index (Phi) is 2.01. The zero-order valence-electron chi connectivity index (χ0n) is 7.86. The molecule has 0 amide bonds. The summed E-state index contributed by atoms with van der Waals surface area (Å²) in [7, 11) is -1.64. The van der Waals surface area contributed by atoms with Gasteiger partial charge in [0.15, 0.2) is 0 Å². The second-order valence-corrected chi connectivity index (χ2v) is 6.08. The number of nitrogens with zero attached hydrogens (tertiary/aromatic N) is 1. The van der Waals surface area contributed by atoms with Crippen LogP contribution in [0, 0.1) is 0 Å². The molecule has 0 aliphatic carbocycles. The summed E-state index contributed by atoms with van der Waals surface area (Å²) in [6, 6.07) is 5.14. The number of sulfonamides is 1. The molecule has 2 rings (SSSR count). The third kappa shape index (κ3) is 1.14. The van der Waals surface area contributed by atoms with Crippen LogP contribution >= 0.6 is 11.6 Å². The van der Waals surface area contributed by atoms with Gasteiger partial charge in [0.05, 0.1) is 5.69 Å². The minimum absolute atomic E-state index is 0.499. The standard InChI is InChI=1S/C9H10ClNO2S/c1-6-8-5-7(10)3-4-9(8)11(2)14(6,12)13/h3-6H,1-2H3. The number of halogens is 1. The van der Waals surface area contributed by atoms with Crippen LogP contribution in [0.2, 0.25) is 5.02 Å². The van der Waals surface area contributed by atoms with E-state index in [1.807, 2.05) is 0 Å². The van der Waals surface area contributed by atoms with Gasteiger partial charge in [-0.15, -0.1) is 0 Å². The Balaban J connectivity index is 2.71. The maximum absolute atomic E-state index is 11.7. The van der Waals surface area contributed by atoms with Crippen molar-refractivity contribution in [3.05, 3.63) is 28.8 Å². The fraction of sp³-hybridized carbons (Fsp3) is 0.333. The van der Waals surface area contributed by atoms with Gasteiger partial charge in [0.1, 0.15) is 5.25 Å². The molecule has 0 fully saturated rings. The second-order valence-electron chi connectivity index (χ2n) is 3.36. The van der Waals surface area contributed by atoms with Gasteiger partial charge >= 0.3 is 0 Å². The Morgan fingerprint density at radius 1 is 1.43 bits per heavy atom. The van der Waals surface area contributed by atoms with Crippen LogP contribution in [0.3, 0.4) is 0 Å². The summed E-state index contributed by atoms with van der Waals surface area (Å²) < 4.78 is 24.8. The summed E-state index contributed by atoms with van der Waals surface area (Å²) in [6.07, 6.45) is 0. The molecule has 1 atom stereocenters. The van der Waals surface area contributed by atoms with Crippen molar-refractivity contribution in [2.75, 3.05) is 11.4 Å². The topological polar surface area (TPSA) is 37.4 Å². The molecule has 1 heterocycles. The third-order valence-electron chi connectivity index (χ3n) is 2.60. The molecule has 1 unspecified atom stereocenters. The minimum Gasteiger partial charge on any atom is -0.272 e. The molecule has 0 bridgehead atoms. The molecule has 5 heteroatoms. The molecule has 1 aromatic rings. The first-order valence-corrected chi connectivity index (χ1v) is 6.10. The molecular formula is C9H10ClNO2S. The van der Waals surface area contributed by atoms with Crippen molar-refractivity contribution in [3.8, 4) is 0 Å². The third-order valence-corrected chi connectivity index (χ3v) is 4.94. The van der Waals surface area contributed by atoms with Crippen molar-refractivity contribution in [2.45, 2.75) is 12.2 Å². The highest BCUT2D eigenvalue weighted by Gasteiger charge is 2.37. The molecule has 14 heavy (non-hydrogen) atoms. The molecule has 0 saturated carbocycles. The molecule has 3 nitrogen and oxygen atoms in total. The Morgan fingerprint density at radius 3 is 2.71 bits per heavy atom. The maximum atomic E-state index is 11.7. The largest absolute Gasteiger partial charge is 0.272 e. The Morgan fingerprint density at radius 2 is 2.07 bits per heavy atom. The summed E-state index contributed by atoms with van der Waals surface area (Å²) >= 11 is 5.82. The van der Waals surface area contributed by atoms with Gasteiger partial charge in [-0.1, -0.05) is 11.6 Å². The Bertz CT molecular complexity index is 484. The first-order valence-electron chi connectivity index (χ1n) is 4.22. The van der Waals surface area contributed by atoms with E-state index >= 15 is 0 Å². The second kappa shape index (κ2) is 2.87. The van der Waals surface area contributed by atoms with Gasteiger partial charge in [0.25, 0.3) is 0 Å². The lowest BCUT2D eigenvalue weighted by atomic mass is 10.1. The lowest BCUT2D eigenvalue weighted by Crippen LogP contribution is -2.22. The Hall–Kier alpha value is -0.740. The smallest absolute Gasteiger partial charge is 0.241 e. The van der Waals surface area contributed by atoms with Crippen LogP contribution in [0.4, 0.5) is 5.69 Å². The van der Waals surface area contributed by atoms with Gasteiger partial charge in [0.2, 0.25) is 10.0 Å². The normalized spacial score (nSPS) is 23.6. The van der Waals surface area contributed by atoms with Crippen molar-refractivity contribution in [3.63, 3.8) is 0 Å². The van der Waals surface area contributed by atoms with E-state index in [1.54, 1.807) is 32.2 Å². The molecule has 0 aromatic heterocycles.